The molecule has 0 aliphatic carbocycles. The molecule has 1 saturated heterocycles. The normalized spacial score (nSPS) is 18.4. The Kier molecular flexibility index (Phi) is 56.1. The maximum Gasteiger partial charge on any atom is 0.397 e. The van der Waals surface area contributed by atoms with Gasteiger partial charge in [-0.15, -0.1) is 0 Å². The van der Waals surface area contributed by atoms with Crippen LogP contribution in [0.15, 0.2) is 0 Å². The molecule has 0 aromatic heterocycles. The Morgan fingerprint density at radius 3 is 0.988 bits per heavy atom. The van der Waals surface area contributed by atoms with Gasteiger partial charge in [-0.1, -0.05) is 354 Å². The third-order valence-electron chi connectivity index (χ3n) is 17.4. The monoisotopic (exact) mass is 1170 g/mol. The lowest BCUT2D eigenvalue weighted by molar-refractivity contribution is -0.298. The maximum absolute atomic E-state index is 13.2. The fourth-order valence-electron chi connectivity index (χ4n) is 12.0. The highest BCUT2D eigenvalue weighted by Crippen LogP contribution is 2.27. The van der Waals surface area contributed by atoms with Crippen molar-refractivity contribution < 1.29 is 51.8 Å². The molecule has 484 valence electrons. The first-order valence-corrected chi connectivity index (χ1v) is 36.8. The summed E-state index contributed by atoms with van der Waals surface area (Å²) in [7, 11) is -5.08. The van der Waals surface area contributed by atoms with Crippen LogP contribution in [0.25, 0.3) is 0 Å². The Morgan fingerprint density at radius 2 is 0.716 bits per heavy atom. The Morgan fingerprint density at radius 1 is 0.444 bits per heavy atom. The SMILES string of the molecule is CCCCCCCCCCCCCCCCCCCCCCCCCCCCCCCCCC(=O)NC(COC1OC(CO)C(O)C(OS(=O)(=O)O)C1O)C(O)CCCCCCCCCCCCCCCCCCCCCCCCC. The van der Waals surface area contributed by atoms with E-state index in [-0.39, 0.29) is 12.5 Å². The second-order valence-electron chi connectivity index (χ2n) is 25.2. The third kappa shape index (κ3) is 49.9. The van der Waals surface area contributed by atoms with Crippen LogP contribution in [0.2, 0.25) is 0 Å². The maximum atomic E-state index is 13.2. The number of ether oxygens (including phenoxy) is 2. The van der Waals surface area contributed by atoms with Gasteiger partial charge in [-0.05, 0) is 12.8 Å². The minimum Gasteiger partial charge on any atom is -0.394 e. The number of aliphatic hydroxyl groups is 4. The molecule has 12 nitrogen and oxygen atoms in total. The standard InChI is InChI=1S/C68H135NO11S/c1-3-5-7-9-11-13-15-17-19-21-23-25-27-28-29-30-31-32-33-34-36-38-40-42-44-46-48-50-52-54-56-58-64(72)69-61(60-78-68-66(74)67(80-81(75,76)77)65(73)63(59-70)79-68)62(71)57-55-53-51-49-47-45-43-41-39-37-35-26-24-22-20-18-16-14-12-10-8-6-4-2/h61-63,65-68,70-71,73-74H,3-60H2,1-2H3,(H,69,72)(H,75,76,77). The van der Waals surface area contributed by atoms with Crippen LogP contribution in [0, 0.1) is 0 Å². The van der Waals surface area contributed by atoms with Crippen molar-refractivity contribution in [2.45, 2.75) is 416 Å². The van der Waals surface area contributed by atoms with Crippen molar-refractivity contribution in [1.82, 2.24) is 5.32 Å². The first kappa shape index (κ1) is 78.1. The highest BCUT2D eigenvalue weighted by atomic mass is 32.3. The van der Waals surface area contributed by atoms with Crippen molar-refractivity contribution in [3.63, 3.8) is 0 Å². The van der Waals surface area contributed by atoms with E-state index >= 15 is 0 Å². The van der Waals surface area contributed by atoms with Crippen LogP contribution >= 0.6 is 0 Å². The predicted molar refractivity (Wildman–Crippen MR) is 338 cm³/mol. The van der Waals surface area contributed by atoms with Crippen LogP contribution in [-0.4, -0.2) is 95.4 Å². The molecule has 0 spiro atoms. The molecule has 0 radical (unpaired) electrons. The fraction of sp³-hybridized carbons (Fsp3) is 0.985. The minimum absolute atomic E-state index is 0.219. The summed E-state index contributed by atoms with van der Waals surface area (Å²) in [5.74, 6) is -0.219. The molecular weight excluding hydrogens is 1040 g/mol. The lowest BCUT2D eigenvalue weighted by Crippen LogP contribution is -2.61. The summed E-state index contributed by atoms with van der Waals surface area (Å²) in [6, 6.07) is -0.855. The largest absolute Gasteiger partial charge is 0.397 e. The Balaban J connectivity index is 2.21. The van der Waals surface area contributed by atoms with Crippen LogP contribution in [0.1, 0.15) is 373 Å². The molecule has 6 N–H and O–H groups in total. The second-order valence-corrected chi connectivity index (χ2v) is 26.2. The minimum atomic E-state index is -5.08. The number of hydrogen-bond donors (Lipinski definition) is 6. The van der Waals surface area contributed by atoms with Gasteiger partial charge in [-0.2, -0.15) is 8.42 Å². The average molecular weight is 1170 g/mol. The van der Waals surface area contributed by atoms with Gasteiger partial charge in [0.25, 0.3) is 0 Å². The number of nitrogens with one attached hydrogen (secondary N) is 1. The number of hydrogen-bond acceptors (Lipinski definition) is 10. The highest BCUT2D eigenvalue weighted by Gasteiger charge is 2.48. The van der Waals surface area contributed by atoms with Crippen molar-refractivity contribution in [2.75, 3.05) is 13.2 Å². The van der Waals surface area contributed by atoms with Gasteiger partial charge in [0.2, 0.25) is 5.91 Å². The Bertz CT molecular complexity index is 1430. The summed E-state index contributed by atoms with van der Waals surface area (Å²) < 4.78 is 48.1. The summed E-state index contributed by atoms with van der Waals surface area (Å²) in [5, 5.41) is 45.3. The first-order valence-electron chi connectivity index (χ1n) is 35.4. The number of amides is 1. The van der Waals surface area contributed by atoms with Crippen molar-refractivity contribution in [1.29, 1.82) is 0 Å². The first-order chi connectivity index (χ1) is 39.5. The molecule has 81 heavy (non-hydrogen) atoms. The highest BCUT2D eigenvalue weighted by molar-refractivity contribution is 7.80. The molecule has 0 bridgehead atoms. The van der Waals surface area contributed by atoms with Gasteiger partial charge in [0.15, 0.2) is 6.29 Å². The topological polar surface area (TPSA) is 192 Å². The van der Waals surface area contributed by atoms with Crippen LogP contribution < -0.4 is 5.32 Å². The number of rotatable bonds is 64. The molecule has 1 amide bonds. The Labute approximate surface area is 500 Å². The summed E-state index contributed by atoms with van der Waals surface area (Å²) in [6.45, 7) is 3.53. The molecule has 7 atom stereocenters. The molecule has 0 aromatic carbocycles. The number of aliphatic hydroxyl groups excluding tert-OH is 4. The lowest BCUT2D eigenvalue weighted by Gasteiger charge is -2.41. The van der Waals surface area contributed by atoms with Gasteiger partial charge in [-0.25, -0.2) is 4.18 Å². The van der Waals surface area contributed by atoms with Crippen molar-refractivity contribution in [3.05, 3.63) is 0 Å². The van der Waals surface area contributed by atoms with Gasteiger partial charge < -0.3 is 35.2 Å². The van der Waals surface area contributed by atoms with E-state index in [4.69, 9.17) is 9.47 Å². The van der Waals surface area contributed by atoms with Gasteiger partial charge in [0, 0.05) is 6.42 Å². The van der Waals surface area contributed by atoms with Gasteiger partial charge >= 0.3 is 10.4 Å². The van der Waals surface area contributed by atoms with E-state index in [0.29, 0.717) is 12.8 Å². The van der Waals surface area contributed by atoms with Gasteiger partial charge in [0.1, 0.15) is 24.4 Å². The summed E-state index contributed by atoms with van der Waals surface area (Å²) >= 11 is 0. The third-order valence-corrected chi connectivity index (χ3v) is 17.9. The van der Waals surface area contributed by atoms with E-state index in [1.165, 1.54) is 295 Å². The van der Waals surface area contributed by atoms with Crippen LogP contribution in [0.5, 0.6) is 0 Å². The second kappa shape index (κ2) is 58.1. The molecule has 0 saturated carbocycles. The van der Waals surface area contributed by atoms with E-state index in [1.54, 1.807) is 0 Å². The van der Waals surface area contributed by atoms with Crippen molar-refractivity contribution in [2.24, 2.45) is 0 Å². The van der Waals surface area contributed by atoms with Crippen LogP contribution in [-0.2, 0) is 28.9 Å². The quantitative estimate of drug-likeness (QED) is 0.0251. The molecule has 1 aliphatic heterocycles. The Hall–Kier alpha value is -0.900. The summed E-state index contributed by atoms with van der Waals surface area (Å²) in [4.78, 5) is 13.2. The van der Waals surface area contributed by atoms with E-state index in [1.807, 2.05) is 0 Å². The van der Waals surface area contributed by atoms with E-state index < -0.39 is 59.9 Å². The van der Waals surface area contributed by atoms with Crippen molar-refractivity contribution >= 4 is 16.3 Å². The van der Waals surface area contributed by atoms with E-state index in [2.05, 4.69) is 23.3 Å². The van der Waals surface area contributed by atoms with Gasteiger partial charge in [0.05, 0.1) is 25.4 Å². The van der Waals surface area contributed by atoms with Gasteiger partial charge in [-0.3, -0.25) is 9.35 Å². The molecule has 1 heterocycles. The zero-order valence-electron chi connectivity index (χ0n) is 53.1. The zero-order chi connectivity index (χ0) is 59.0. The molecule has 13 heteroatoms. The van der Waals surface area contributed by atoms with Crippen LogP contribution in [0.3, 0.4) is 0 Å². The molecule has 1 fully saturated rings. The number of carbonyl (C=O) groups is 1. The average Bonchev–Trinajstić information content (AvgIpc) is 3.51. The lowest BCUT2D eigenvalue weighted by atomic mass is 9.99. The fourth-order valence-corrected chi connectivity index (χ4v) is 12.5. The molecule has 0 aromatic rings. The van der Waals surface area contributed by atoms with E-state index in [0.717, 1.165) is 51.4 Å². The summed E-state index contributed by atoms with van der Waals surface area (Å²) in [5.41, 5.74) is 0. The molecule has 1 aliphatic rings. The number of unbranched alkanes of at least 4 members (excludes halogenated alkanes) is 52. The summed E-state index contributed by atoms with van der Waals surface area (Å²) in [6.07, 6.45) is 62.8. The molecule has 1 rings (SSSR count). The predicted octanol–water partition coefficient (Wildman–Crippen LogP) is 18.4. The molecular formula is C68H135NO11S. The van der Waals surface area contributed by atoms with Crippen LogP contribution in [0.4, 0.5) is 0 Å². The van der Waals surface area contributed by atoms with E-state index in [9.17, 15) is 38.2 Å². The zero-order valence-corrected chi connectivity index (χ0v) is 54.0. The molecule has 7 unspecified atom stereocenters. The number of carbonyl (C=O) groups excluding carboxylic acids is 1. The smallest absolute Gasteiger partial charge is 0.394 e. The van der Waals surface area contributed by atoms with Crippen molar-refractivity contribution in [3.8, 4) is 0 Å².